The molecule has 2 aliphatic rings. The standard InChI is InChI=1S/C17H22N4O2S/c1-20-12-17(23-16(20)22)6-2-9-21(10-7-17)11-13-3-4-15(24-13)14-5-8-18-19-14/h3-5,8H,2,6-7,9-12H2,1H3,(H,18,19)/t17-/m1/s1. The van der Waals surface area contributed by atoms with Crippen molar-refractivity contribution in [2.75, 3.05) is 26.7 Å². The first-order valence-corrected chi connectivity index (χ1v) is 9.20. The number of H-pyrrole nitrogens is 1. The van der Waals surface area contributed by atoms with Crippen molar-refractivity contribution in [3.63, 3.8) is 0 Å². The van der Waals surface area contributed by atoms with Gasteiger partial charge in [0.15, 0.2) is 0 Å². The summed E-state index contributed by atoms with van der Waals surface area (Å²) < 4.78 is 5.69. The Balaban J connectivity index is 1.39. The lowest BCUT2D eigenvalue weighted by atomic mass is 9.95. The van der Waals surface area contributed by atoms with Gasteiger partial charge in [-0.1, -0.05) is 0 Å². The summed E-state index contributed by atoms with van der Waals surface area (Å²) in [5.74, 6) is 0. The first kappa shape index (κ1) is 15.7. The Morgan fingerprint density at radius 1 is 1.33 bits per heavy atom. The molecule has 6 nitrogen and oxygen atoms in total. The fourth-order valence-electron chi connectivity index (χ4n) is 3.66. The molecule has 0 aliphatic carbocycles. The predicted molar refractivity (Wildman–Crippen MR) is 92.9 cm³/mol. The Morgan fingerprint density at radius 3 is 3.00 bits per heavy atom. The quantitative estimate of drug-likeness (QED) is 0.928. The predicted octanol–water partition coefficient (Wildman–Crippen LogP) is 2.94. The highest BCUT2D eigenvalue weighted by Gasteiger charge is 2.44. The van der Waals surface area contributed by atoms with Gasteiger partial charge >= 0.3 is 6.09 Å². The fraction of sp³-hybridized carbons (Fsp3) is 0.529. The fourth-order valence-corrected chi connectivity index (χ4v) is 4.68. The summed E-state index contributed by atoms with van der Waals surface area (Å²) in [4.78, 5) is 18.5. The topological polar surface area (TPSA) is 61.5 Å². The van der Waals surface area contributed by atoms with Gasteiger partial charge in [-0.15, -0.1) is 11.3 Å². The maximum Gasteiger partial charge on any atom is 0.410 e. The van der Waals surface area contributed by atoms with Gasteiger partial charge in [0, 0.05) is 37.6 Å². The summed E-state index contributed by atoms with van der Waals surface area (Å²) in [5, 5.41) is 7.03. The number of ether oxygens (including phenoxy) is 1. The molecule has 0 radical (unpaired) electrons. The van der Waals surface area contributed by atoms with Crippen LogP contribution in [-0.4, -0.2) is 58.4 Å². The number of nitrogens with zero attached hydrogens (tertiary/aromatic N) is 3. The molecule has 1 spiro atoms. The second-order valence-electron chi connectivity index (χ2n) is 6.77. The summed E-state index contributed by atoms with van der Waals surface area (Å²) in [6.45, 7) is 3.71. The largest absolute Gasteiger partial charge is 0.441 e. The molecule has 1 amide bonds. The monoisotopic (exact) mass is 346 g/mol. The van der Waals surface area contributed by atoms with Gasteiger partial charge in [-0.05, 0) is 37.6 Å². The molecule has 1 atom stereocenters. The zero-order chi connectivity index (χ0) is 16.6. The maximum atomic E-state index is 11.7. The van der Waals surface area contributed by atoms with Crippen LogP contribution in [0.1, 0.15) is 24.1 Å². The molecule has 0 unspecified atom stereocenters. The highest BCUT2D eigenvalue weighted by atomic mass is 32.1. The average Bonchev–Trinajstić information content (AvgIpc) is 3.24. The highest BCUT2D eigenvalue weighted by Crippen LogP contribution is 2.33. The number of aromatic nitrogens is 2. The lowest BCUT2D eigenvalue weighted by molar-refractivity contribution is 0.0443. The van der Waals surface area contributed by atoms with Gasteiger partial charge in [0.2, 0.25) is 0 Å². The molecule has 4 heterocycles. The Bertz CT molecular complexity index is 714. The molecule has 2 aliphatic heterocycles. The lowest BCUT2D eigenvalue weighted by Crippen LogP contribution is -2.35. The number of hydrogen-bond acceptors (Lipinski definition) is 5. The summed E-state index contributed by atoms with van der Waals surface area (Å²) in [6, 6.07) is 6.35. The zero-order valence-electron chi connectivity index (χ0n) is 13.8. The van der Waals surface area contributed by atoms with Crippen molar-refractivity contribution >= 4 is 17.4 Å². The number of likely N-dealkylation sites (N-methyl/N-ethyl adjacent to an activating group) is 1. The molecule has 0 bridgehead atoms. The molecule has 1 N–H and O–H groups in total. The maximum absolute atomic E-state index is 11.7. The molecule has 128 valence electrons. The van der Waals surface area contributed by atoms with Crippen molar-refractivity contribution in [1.29, 1.82) is 0 Å². The van der Waals surface area contributed by atoms with Crippen molar-refractivity contribution in [2.24, 2.45) is 0 Å². The van der Waals surface area contributed by atoms with Gasteiger partial charge < -0.3 is 9.64 Å². The second-order valence-corrected chi connectivity index (χ2v) is 7.94. The third-order valence-electron chi connectivity index (χ3n) is 4.94. The third-order valence-corrected chi connectivity index (χ3v) is 6.04. The Hall–Kier alpha value is -1.86. The lowest BCUT2D eigenvalue weighted by Gasteiger charge is -2.25. The van der Waals surface area contributed by atoms with E-state index in [0.717, 1.165) is 51.1 Å². The Kier molecular flexibility index (Phi) is 4.05. The molecule has 24 heavy (non-hydrogen) atoms. The van der Waals surface area contributed by atoms with Crippen LogP contribution in [0.25, 0.3) is 10.6 Å². The van der Waals surface area contributed by atoms with E-state index < -0.39 is 0 Å². The molecular formula is C17H22N4O2S. The summed E-state index contributed by atoms with van der Waals surface area (Å²) in [6.07, 6.45) is 4.56. The van der Waals surface area contributed by atoms with Gasteiger partial charge in [0.05, 0.1) is 17.1 Å². The number of carbonyl (C=O) groups excluding carboxylic acids is 1. The van der Waals surface area contributed by atoms with E-state index in [1.807, 2.05) is 24.5 Å². The van der Waals surface area contributed by atoms with Crippen molar-refractivity contribution in [3.8, 4) is 10.6 Å². The van der Waals surface area contributed by atoms with Crippen LogP contribution in [0.15, 0.2) is 24.4 Å². The molecule has 2 saturated heterocycles. The Labute approximate surface area is 145 Å². The van der Waals surface area contributed by atoms with Crippen molar-refractivity contribution in [2.45, 2.75) is 31.4 Å². The zero-order valence-corrected chi connectivity index (χ0v) is 14.6. The number of amides is 1. The number of hydrogen-bond donors (Lipinski definition) is 1. The van der Waals surface area contributed by atoms with Crippen molar-refractivity contribution in [3.05, 3.63) is 29.3 Å². The highest BCUT2D eigenvalue weighted by molar-refractivity contribution is 7.15. The number of rotatable bonds is 3. The molecule has 2 aromatic rings. The summed E-state index contributed by atoms with van der Waals surface area (Å²) in [5.41, 5.74) is 0.805. The number of carbonyl (C=O) groups is 1. The van der Waals surface area contributed by atoms with Crippen LogP contribution in [0, 0.1) is 0 Å². The molecule has 0 aromatic carbocycles. The minimum atomic E-state index is -0.267. The molecule has 7 heteroatoms. The van der Waals surface area contributed by atoms with E-state index in [9.17, 15) is 4.79 Å². The minimum Gasteiger partial charge on any atom is -0.441 e. The molecular weight excluding hydrogens is 324 g/mol. The van der Waals surface area contributed by atoms with Gasteiger partial charge in [-0.25, -0.2) is 4.79 Å². The molecule has 0 saturated carbocycles. The molecule has 2 fully saturated rings. The van der Waals surface area contributed by atoms with E-state index in [0.29, 0.717) is 0 Å². The van der Waals surface area contributed by atoms with Crippen LogP contribution < -0.4 is 0 Å². The third kappa shape index (κ3) is 3.06. The van der Waals surface area contributed by atoms with Crippen LogP contribution in [0.2, 0.25) is 0 Å². The van der Waals surface area contributed by atoms with Crippen LogP contribution in [0.4, 0.5) is 4.79 Å². The average molecular weight is 346 g/mol. The minimum absolute atomic E-state index is 0.175. The van der Waals surface area contributed by atoms with E-state index in [-0.39, 0.29) is 11.7 Å². The number of likely N-dealkylation sites (tertiary alicyclic amines) is 1. The number of nitrogens with one attached hydrogen (secondary N) is 1. The van der Waals surface area contributed by atoms with E-state index in [1.165, 1.54) is 9.75 Å². The van der Waals surface area contributed by atoms with Gasteiger partial charge in [-0.3, -0.25) is 10.00 Å². The van der Waals surface area contributed by atoms with E-state index in [4.69, 9.17) is 4.74 Å². The Morgan fingerprint density at radius 2 is 2.25 bits per heavy atom. The normalized spacial score (nSPS) is 25.2. The SMILES string of the molecule is CN1C[C@]2(CCCN(Cc3ccc(-c4ccn[nH]4)s3)CC2)OC1=O. The summed E-state index contributed by atoms with van der Waals surface area (Å²) >= 11 is 1.81. The van der Waals surface area contributed by atoms with E-state index in [2.05, 4.69) is 27.2 Å². The smallest absolute Gasteiger partial charge is 0.410 e. The van der Waals surface area contributed by atoms with Crippen LogP contribution in [0.5, 0.6) is 0 Å². The van der Waals surface area contributed by atoms with Gasteiger partial charge in [0.25, 0.3) is 0 Å². The number of thiophene rings is 1. The van der Waals surface area contributed by atoms with Gasteiger partial charge in [-0.2, -0.15) is 5.10 Å². The van der Waals surface area contributed by atoms with Gasteiger partial charge in [0.1, 0.15) is 5.60 Å². The van der Waals surface area contributed by atoms with Crippen LogP contribution in [0.3, 0.4) is 0 Å². The summed E-state index contributed by atoms with van der Waals surface area (Å²) in [7, 11) is 1.82. The first-order chi connectivity index (χ1) is 11.6. The van der Waals surface area contributed by atoms with Crippen molar-refractivity contribution in [1.82, 2.24) is 20.0 Å². The first-order valence-electron chi connectivity index (χ1n) is 8.39. The van der Waals surface area contributed by atoms with Crippen LogP contribution in [-0.2, 0) is 11.3 Å². The molecule has 2 aromatic heterocycles. The molecule has 4 rings (SSSR count). The van der Waals surface area contributed by atoms with Crippen LogP contribution >= 0.6 is 11.3 Å². The number of aromatic amines is 1. The van der Waals surface area contributed by atoms with E-state index >= 15 is 0 Å². The van der Waals surface area contributed by atoms with E-state index in [1.54, 1.807) is 11.1 Å². The second kappa shape index (κ2) is 6.22. The van der Waals surface area contributed by atoms with Crippen molar-refractivity contribution < 1.29 is 9.53 Å².